The summed E-state index contributed by atoms with van der Waals surface area (Å²) < 4.78 is 4.87. The number of aromatic amines is 1. The van der Waals surface area contributed by atoms with E-state index in [1.54, 1.807) is 7.11 Å². The highest BCUT2D eigenvalue weighted by molar-refractivity contribution is 7.99. The number of nitrogens with zero attached hydrogens (tertiary/aromatic N) is 3. The van der Waals surface area contributed by atoms with Crippen LogP contribution in [0.25, 0.3) is 22.1 Å². The molecule has 22 heavy (non-hydrogen) atoms. The number of para-hydroxylation sites is 1. The van der Waals surface area contributed by atoms with Crippen molar-refractivity contribution in [3.05, 3.63) is 24.3 Å². The number of thioether (sulfide) groups is 1. The number of hydrogen-bond donors (Lipinski definition) is 2. The quantitative estimate of drug-likeness (QED) is 0.527. The summed E-state index contributed by atoms with van der Waals surface area (Å²) in [5, 5.41) is 12.5. The Hall–Kier alpha value is -2.19. The van der Waals surface area contributed by atoms with Crippen molar-refractivity contribution in [2.75, 3.05) is 26.0 Å². The molecule has 1 aromatic carbocycles. The summed E-state index contributed by atoms with van der Waals surface area (Å²) in [5.41, 5.74) is 2.39. The van der Waals surface area contributed by atoms with Crippen LogP contribution in [0, 0.1) is 0 Å². The first-order valence-electron chi connectivity index (χ1n) is 6.77. The van der Waals surface area contributed by atoms with Crippen LogP contribution >= 0.6 is 11.8 Å². The summed E-state index contributed by atoms with van der Waals surface area (Å²) in [6.45, 7) is 0.992. The molecule has 3 rings (SSSR count). The maximum absolute atomic E-state index is 11.6. The van der Waals surface area contributed by atoms with Gasteiger partial charge in [-0.05, 0) is 6.07 Å². The molecule has 0 bridgehead atoms. The molecule has 2 heterocycles. The van der Waals surface area contributed by atoms with Crippen molar-refractivity contribution >= 4 is 39.7 Å². The number of carbonyl (C=O) groups excluding carboxylic acids is 1. The second kappa shape index (κ2) is 6.71. The highest BCUT2D eigenvalue weighted by atomic mass is 32.2. The van der Waals surface area contributed by atoms with Crippen LogP contribution < -0.4 is 5.32 Å². The lowest BCUT2D eigenvalue weighted by atomic mass is 10.2. The van der Waals surface area contributed by atoms with Crippen molar-refractivity contribution in [1.29, 1.82) is 0 Å². The molecule has 0 saturated carbocycles. The van der Waals surface area contributed by atoms with E-state index in [-0.39, 0.29) is 11.7 Å². The minimum atomic E-state index is -0.0811. The number of methoxy groups -OCH3 is 1. The molecule has 3 aromatic rings. The fourth-order valence-electron chi connectivity index (χ4n) is 2.04. The van der Waals surface area contributed by atoms with Gasteiger partial charge in [0.1, 0.15) is 5.52 Å². The van der Waals surface area contributed by atoms with Crippen LogP contribution in [0.1, 0.15) is 0 Å². The van der Waals surface area contributed by atoms with Crippen molar-refractivity contribution in [3.63, 3.8) is 0 Å². The maximum atomic E-state index is 11.6. The lowest BCUT2D eigenvalue weighted by molar-refractivity contribution is -0.118. The molecule has 0 aliphatic carbocycles. The van der Waals surface area contributed by atoms with Crippen molar-refractivity contribution in [2.24, 2.45) is 0 Å². The minimum Gasteiger partial charge on any atom is -0.383 e. The third-order valence-corrected chi connectivity index (χ3v) is 3.90. The van der Waals surface area contributed by atoms with Gasteiger partial charge in [0.25, 0.3) is 0 Å². The first-order chi connectivity index (χ1) is 10.8. The van der Waals surface area contributed by atoms with E-state index in [1.807, 2.05) is 24.3 Å². The van der Waals surface area contributed by atoms with E-state index in [4.69, 9.17) is 4.74 Å². The Balaban J connectivity index is 1.70. The van der Waals surface area contributed by atoms with Crippen molar-refractivity contribution in [1.82, 2.24) is 25.5 Å². The molecule has 1 amide bonds. The Morgan fingerprint density at radius 3 is 3.09 bits per heavy atom. The standard InChI is InChI=1S/C14H15N5O2S/c1-21-7-6-15-11(20)8-22-14-17-13-12(18-19-14)9-4-2-3-5-10(9)16-13/h2-5H,6-8H2,1H3,(H,15,20)(H,16,17,19). The van der Waals surface area contributed by atoms with Gasteiger partial charge in [0, 0.05) is 24.6 Å². The van der Waals surface area contributed by atoms with Gasteiger partial charge in [0.2, 0.25) is 11.1 Å². The topological polar surface area (TPSA) is 92.8 Å². The number of amides is 1. The zero-order valence-corrected chi connectivity index (χ0v) is 12.8. The summed E-state index contributed by atoms with van der Waals surface area (Å²) in [5.74, 6) is 0.166. The van der Waals surface area contributed by atoms with Crippen LogP contribution in [0.15, 0.2) is 29.4 Å². The molecule has 7 nitrogen and oxygen atoms in total. The van der Waals surface area contributed by atoms with E-state index < -0.39 is 0 Å². The summed E-state index contributed by atoms with van der Waals surface area (Å²) in [4.78, 5) is 19.2. The van der Waals surface area contributed by atoms with Gasteiger partial charge in [0.15, 0.2) is 5.65 Å². The monoisotopic (exact) mass is 317 g/mol. The molecule has 0 saturated heterocycles. The Morgan fingerprint density at radius 2 is 2.23 bits per heavy atom. The number of H-pyrrole nitrogens is 1. The summed E-state index contributed by atoms with van der Waals surface area (Å²) in [6, 6.07) is 7.84. The molecule has 114 valence electrons. The predicted octanol–water partition coefficient (Wildman–Crippen LogP) is 1.36. The molecule has 0 aliphatic rings. The Morgan fingerprint density at radius 1 is 1.36 bits per heavy atom. The second-order valence-electron chi connectivity index (χ2n) is 4.59. The van der Waals surface area contributed by atoms with E-state index in [0.29, 0.717) is 24.0 Å². The summed E-state index contributed by atoms with van der Waals surface area (Å²) in [7, 11) is 1.59. The van der Waals surface area contributed by atoms with Crippen LogP contribution in [0.4, 0.5) is 0 Å². The van der Waals surface area contributed by atoms with Crippen molar-refractivity contribution in [3.8, 4) is 0 Å². The molecular weight excluding hydrogens is 302 g/mol. The predicted molar refractivity (Wildman–Crippen MR) is 84.8 cm³/mol. The highest BCUT2D eigenvalue weighted by Gasteiger charge is 2.10. The number of rotatable bonds is 6. The third kappa shape index (κ3) is 3.18. The molecule has 0 radical (unpaired) electrons. The van der Waals surface area contributed by atoms with Crippen LogP contribution in [0.5, 0.6) is 0 Å². The molecule has 0 unspecified atom stereocenters. The molecule has 0 spiro atoms. The Labute approximate surface area is 130 Å². The van der Waals surface area contributed by atoms with Crippen molar-refractivity contribution < 1.29 is 9.53 Å². The fraction of sp³-hybridized carbons (Fsp3) is 0.286. The largest absolute Gasteiger partial charge is 0.383 e. The van der Waals surface area contributed by atoms with Gasteiger partial charge in [-0.25, -0.2) is 4.98 Å². The van der Waals surface area contributed by atoms with E-state index in [0.717, 1.165) is 16.4 Å². The molecule has 0 aliphatic heterocycles. The lowest BCUT2D eigenvalue weighted by Gasteiger charge is -2.03. The molecule has 8 heteroatoms. The third-order valence-electron chi connectivity index (χ3n) is 3.06. The number of benzene rings is 1. The average molecular weight is 317 g/mol. The minimum absolute atomic E-state index is 0.0811. The zero-order valence-electron chi connectivity index (χ0n) is 12.0. The fourth-order valence-corrected chi connectivity index (χ4v) is 2.66. The highest BCUT2D eigenvalue weighted by Crippen LogP contribution is 2.22. The lowest BCUT2D eigenvalue weighted by Crippen LogP contribution is -2.28. The van der Waals surface area contributed by atoms with Crippen LogP contribution in [-0.4, -0.2) is 52.1 Å². The van der Waals surface area contributed by atoms with Gasteiger partial charge in [-0.1, -0.05) is 30.0 Å². The van der Waals surface area contributed by atoms with Crippen LogP contribution in [-0.2, 0) is 9.53 Å². The smallest absolute Gasteiger partial charge is 0.230 e. The number of fused-ring (bicyclic) bond motifs is 3. The number of ether oxygens (including phenoxy) is 1. The Kier molecular flexibility index (Phi) is 4.50. The number of nitrogens with one attached hydrogen (secondary N) is 2. The molecule has 2 N–H and O–H groups in total. The van der Waals surface area contributed by atoms with Gasteiger partial charge in [-0.15, -0.1) is 10.2 Å². The summed E-state index contributed by atoms with van der Waals surface area (Å²) >= 11 is 1.25. The van der Waals surface area contributed by atoms with Gasteiger partial charge in [-0.2, -0.15) is 0 Å². The van der Waals surface area contributed by atoms with E-state index in [2.05, 4.69) is 25.5 Å². The zero-order chi connectivity index (χ0) is 15.4. The summed E-state index contributed by atoms with van der Waals surface area (Å²) in [6.07, 6.45) is 0. The van der Waals surface area contributed by atoms with Crippen molar-refractivity contribution in [2.45, 2.75) is 5.16 Å². The Bertz CT molecular complexity index is 804. The van der Waals surface area contributed by atoms with Gasteiger partial charge < -0.3 is 15.0 Å². The number of aromatic nitrogens is 4. The van der Waals surface area contributed by atoms with E-state index >= 15 is 0 Å². The SMILES string of the molecule is COCCNC(=O)CSc1nnc2c(n1)[nH]c1ccccc12. The van der Waals surface area contributed by atoms with E-state index in [9.17, 15) is 4.79 Å². The molecular formula is C14H15N5O2S. The molecule has 0 atom stereocenters. The number of carbonyl (C=O) groups is 1. The second-order valence-corrected chi connectivity index (χ2v) is 5.54. The van der Waals surface area contributed by atoms with Crippen LogP contribution in [0.2, 0.25) is 0 Å². The maximum Gasteiger partial charge on any atom is 0.230 e. The normalized spacial score (nSPS) is 11.1. The first-order valence-corrected chi connectivity index (χ1v) is 7.76. The number of hydrogen-bond acceptors (Lipinski definition) is 6. The van der Waals surface area contributed by atoms with Gasteiger partial charge in [-0.3, -0.25) is 4.79 Å². The van der Waals surface area contributed by atoms with Gasteiger partial charge in [0.05, 0.1) is 12.4 Å². The molecule has 0 fully saturated rings. The van der Waals surface area contributed by atoms with Crippen LogP contribution in [0.3, 0.4) is 0 Å². The van der Waals surface area contributed by atoms with E-state index in [1.165, 1.54) is 11.8 Å². The van der Waals surface area contributed by atoms with Gasteiger partial charge >= 0.3 is 0 Å². The first kappa shape index (κ1) is 14.7. The average Bonchev–Trinajstić information content (AvgIpc) is 2.91. The molecule has 2 aromatic heterocycles.